The summed E-state index contributed by atoms with van der Waals surface area (Å²) < 4.78 is 4.51. The van der Waals surface area contributed by atoms with Crippen LogP contribution in [0, 0.1) is 11.8 Å². The molecule has 0 spiro atoms. The van der Waals surface area contributed by atoms with Crippen molar-refractivity contribution in [3.05, 3.63) is 0 Å². The maximum absolute atomic E-state index is 10.8. The molecule has 0 atom stereocenters. The Kier molecular flexibility index (Phi) is 4.73. The molecule has 0 aromatic heterocycles. The number of hydrogen-bond acceptors (Lipinski definition) is 3. The van der Waals surface area contributed by atoms with Crippen LogP contribution in [0.5, 0.6) is 0 Å². The molecule has 1 rings (SSSR count). The van der Waals surface area contributed by atoms with E-state index in [0.29, 0.717) is 11.8 Å². The van der Waals surface area contributed by atoms with E-state index in [9.17, 15) is 4.79 Å². The first kappa shape index (κ1) is 11.3. The molecule has 4 nitrogen and oxygen atoms in total. The van der Waals surface area contributed by atoms with Gasteiger partial charge in [-0.05, 0) is 44.1 Å². The standard InChI is InChI=1S/C10H20N2O2/c1-14-10(13)12-7-9-4-2-8(6-11)3-5-9/h8-9H,2-7,11H2,1H3,(H,12,13). The van der Waals surface area contributed by atoms with Crippen molar-refractivity contribution in [3.8, 4) is 0 Å². The van der Waals surface area contributed by atoms with E-state index >= 15 is 0 Å². The van der Waals surface area contributed by atoms with Crippen molar-refractivity contribution < 1.29 is 9.53 Å². The van der Waals surface area contributed by atoms with E-state index < -0.39 is 0 Å². The summed E-state index contributed by atoms with van der Waals surface area (Å²) in [7, 11) is 1.39. The van der Waals surface area contributed by atoms with Gasteiger partial charge >= 0.3 is 6.09 Å². The Morgan fingerprint density at radius 1 is 1.36 bits per heavy atom. The highest BCUT2D eigenvalue weighted by Gasteiger charge is 2.20. The number of alkyl carbamates (subject to hydrolysis) is 1. The number of ether oxygens (including phenoxy) is 1. The fourth-order valence-corrected chi connectivity index (χ4v) is 1.97. The Balaban J connectivity index is 2.13. The number of nitrogens with one attached hydrogen (secondary N) is 1. The number of amides is 1. The van der Waals surface area contributed by atoms with Crippen molar-refractivity contribution in [2.24, 2.45) is 17.6 Å². The summed E-state index contributed by atoms with van der Waals surface area (Å²) in [5, 5.41) is 2.74. The van der Waals surface area contributed by atoms with Gasteiger partial charge in [0.05, 0.1) is 7.11 Å². The average Bonchev–Trinajstić information content (AvgIpc) is 2.26. The van der Waals surface area contributed by atoms with E-state index in [1.807, 2.05) is 0 Å². The minimum atomic E-state index is -0.328. The molecule has 0 aromatic rings. The molecule has 0 heterocycles. The molecule has 0 saturated heterocycles. The highest BCUT2D eigenvalue weighted by molar-refractivity contribution is 5.66. The number of hydrogen-bond donors (Lipinski definition) is 2. The second-order valence-corrected chi connectivity index (χ2v) is 3.99. The van der Waals surface area contributed by atoms with Gasteiger partial charge in [0.1, 0.15) is 0 Å². The molecular formula is C10H20N2O2. The van der Waals surface area contributed by atoms with Gasteiger partial charge in [-0.3, -0.25) is 0 Å². The fourth-order valence-electron chi connectivity index (χ4n) is 1.97. The lowest BCUT2D eigenvalue weighted by molar-refractivity contribution is 0.166. The van der Waals surface area contributed by atoms with Crippen LogP contribution in [0.2, 0.25) is 0 Å². The Hall–Kier alpha value is -0.770. The van der Waals surface area contributed by atoms with Gasteiger partial charge in [-0.15, -0.1) is 0 Å². The molecule has 14 heavy (non-hydrogen) atoms. The van der Waals surface area contributed by atoms with Crippen molar-refractivity contribution in [3.63, 3.8) is 0 Å². The number of rotatable bonds is 3. The zero-order valence-electron chi connectivity index (χ0n) is 8.79. The first-order valence-corrected chi connectivity index (χ1v) is 5.28. The second-order valence-electron chi connectivity index (χ2n) is 3.99. The van der Waals surface area contributed by atoms with E-state index in [0.717, 1.165) is 13.1 Å². The quantitative estimate of drug-likeness (QED) is 0.717. The van der Waals surface area contributed by atoms with E-state index in [1.54, 1.807) is 0 Å². The first-order chi connectivity index (χ1) is 6.76. The van der Waals surface area contributed by atoms with E-state index in [1.165, 1.54) is 32.8 Å². The Labute approximate surface area is 85.2 Å². The lowest BCUT2D eigenvalue weighted by Crippen LogP contribution is -2.32. The van der Waals surface area contributed by atoms with Gasteiger partial charge in [0.15, 0.2) is 0 Å². The summed E-state index contributed by atoms with van der Waals surface area (Å²) in [5.74, 6) is 1.31. The SMILES string of the molecule is COC(=O)NCC1CCC(CN)CC1. The van der Waals surface area contributed by atoms with Crippen LogP contribution in [-0.2, 0) is 4.74 Å². The van der Waals surface area contributed by atoms with Crippen LogP contribution in [0.3, 0.4) is 0 Å². The molecular weight excluding hydrogens is 180 g/mol. The highest BCUT2D eigenvalue weighted by atomic mass is 16.5. The summed E-state index contributed by atoms with van der Waals surface area (Å²) in [5.41, 5.74) is 5.60. The summed E-state index contributed by atoms with van der Waals surface area (Å²) in [6, 6.07) is 0. The maximum Gasteiger partial charge on any atom is 0.406 e. The van der Waals surface area contributed by atoms with Gasteiger partial charge < -0.3 is 15.8 Å². The van der Waals surface area contributed by atoms with Crippen molar-refractivity contribution in [1.82, 2.24) is 5.32 Å². The maximum atomic E-state index is 10.8. The van der Waals surface area contributed by atoms with Crippen molar-refractivity contribution in [2.45, 2.75) is 25.7 Å². The number of carbonyl (C=O) groups excluding carboxylic acids is 1. The fraction of sp³-hybridized carbons (Fsp3) is 0.900. The predicted molar refractivity (Wildman–Crippen MR) is 54.9 cm³/mol. The van der Waals surface area contributed by atoms with Crippen LogP contribution >= 0.6 is 0 Å². The Morgan fingerprint density at radius 2 is 1.93 bits per heavy atom. The minimum Gasteiger partial charge on any atom is -0.453 e. The van der Waals surface area contributed by atoms with Gasteiger partial charge in [-0.25, -0.2) is 4.79 Å². The molecule has 4 heteroatoms. The zero-order valence-corrected chi connectivity index (χ0v) is 8.79. The Bertz CT molecular complexity index is 177. The molecule has 0 radical (unpaired) electrons. The number of methoxy groups -OCH3 is 1. The van der Waals surface area contributed by atoms with Gasteiger partial charge in [-0.2, -0.15) is 0 Å². The average molecular weight is 200 g/mol. The largest absolute Gasteiger partial charge is 0.453 e. The van der Waals surface area contributed by atoms with Crippen LogP contribution in [0.1, 0.15) is 25.7 Å². The molecule has 1 amide bonds. The van der Waals surface area contributed by atoms with Crippen molar-refractivity contribution >= 4 is 6.09 Å². The molecule has 0 unspecified atom stereocenters. The molecule has 0 bridgehead atoms. The second kappa shape index (κ2) is 5.86. The first-order valence-electron chi connectivity index (χ1n) is 5.28. The third-order valence-electron chi connectivity index (χ3n) is 3.02. The van der Waals surface area contributed by atoms with Crippen LogP contribution in [0.25, 0.3) is 0 Å². The van der Waals surface area contributed by atoms with Crippen molar-refractivity contribution in [2.75, 3.05) is 20.2 Å². The van der Waals surface area contributed by atoms with Crippen molar-refractivity contribution in [1.29, 1.82) is 0 Å². The minimum absolute atomic E-state index is 0.328. The normalized spacial score (nSPS) is 27.0. The van der Waals surface area contributed by atoms with Crippen LogP contribution in [0.4, 0.5) is 4.79 Å². The van der Waals surface area contributed by atoms with Gasteiger partial charge in [-0.1, -0.05) is 0 Å². The zero-order chi connectivity index (χ0) is 10.4. The molecule has 1 aliphatic rings. The van der Waals surface area contributed by atoms with Crippen LogP contribution in [0.15, 0.2) is 0 Å². The van der Waals surface area contributed by atoms with Gasteiger partial charge in [0.2, 0.25) is 0 Å². The Morgan fingerprint density at radius 3 is 2.43 bits per heavy atom. The van der Waals surface area contributed by atoms with E-state index in [-0.39, 0.29) is 6.09 Å². The highest BCUT2D eigenvalue weighted by Crippen LogP contribution is 2.27. The van der Waals surface area contributed by atoms with Crippen LogP contribution < -0.4 is 11.1 Å². The smallest absolute Gasteiger partial charge is 0.406 e. The molecule has 1 saturated carbocycles. The molecule has 1 fully saturated rings. The molecule has 0 aromatic carbocycles. The van der Waals surface area contributed by atoms with E-state index in [4.69, 9.17) is 5.73 Å². The molecule has 1 aliphatic carbocycles. The monoisotopic (exact) mass is 200 g/mol. The van der Waals surface area contributed by atoms with Crippen LogP contribution in [-0.4, -0.2) is 26.3 Å². The lowest BCUT2D eigenvalue weighted by atomic mass is 9.82. The topological polar surface area (TPSA) is 64.3 Å². The summed E-state index contributed by atoms with van der Waals surface area (Å²) in [6.07, 6.45) is 4.41. The lowest BCUT2D eigenvalue weighted by Gasteiger charge is -2.27. The third kappa shape index (κ3) is 3.54. The predicted octanol–water partition coefficient (Wildman–Crippen LogP) is 1.11. The summed E-state index contributed by atoms with van der Waals surface area (Å²) in [4.78, 5) is 10.8. The molecule has 82 valence electrons. The third-order valence-corrected chi connectivity index (χ3v) is 3.02. The van der Waals surface area contributed by atoms with Gasteiger partial charge in [0.25, 0.3) is 0 Å². The number of carbonyl (C=O) groups is 1. The molecule has 0 aliphatic heterocycles. The number of nitrogens with two attached hydrogens (primary N) is 1. The molecule has 3 N–H and O–H groups in total. The summed E-state index contributed by atoms with van der Waals surface area (Å²) >= 11 is 0. The summed E-state index contributed by atoms with van der Waals surface area (Å²) in [6.45, 7) is 1.54. The van der Waals surface area contributed by atoms with E-state index in [2.05, 4.69) is 10.1 Å². The van der Waals surface area contributed by atoms with Gasteiger partial charge in [0, 0.05) is 6.54 Å².